The molecule has 0 radical (unpaired) electrons. The van der Waals surface area contributed by atoms with Crippen LogP contribution < -0.4 is 0 Å². The van der Waals surface area contributed by atoms with Gasteiger partial charge in [0.15, 0.2) is 5.78 Å². The summed E-state index contributed by atoms with van der Waals surface area (Å²) in [6.07, 6.45) is 1.72. The molecule has 6 nitrogen and oxygen atoms in total. The van der Waals surface area contributed by atoms with Gasteiger partial charge >= 0.3 is 0 Å². The summed E-state index contributed by atoms with van der Waals surface area (Å²) in [4.78, 5) is 41.1. The number of imide groups is 1. The van der Waals surface area contributed by atoms with Crippen LogP contribution in [0.5, 0.6) is 0 Å². The first kappa shape index (κ1) is 17.8. The lowest BCUT2D eigenvalue weighted by Crippen LogP contribution is -2.44. The number of Topliss-reactive ketones (excluding diaryl/α,β-unsaturated/α-hetero) is 1. The number of ketones is 1. The van der Waals surface area contributed by atoms with Crippen LogP contribution in [0, 0.1) is 18.8 Å². The maximum absolute atomic E-state index is 13.5. The van der Waals surface area contributed by atoms with Crippen LogP contribution in [0.3, 0.4) is 0 Å². The molecule has 2 aromatic carbocycles. The zero-order chi connectivity index (χ0) is 20.3. The summed E-state index contributed by atoms with van der Waals surface area (Å²) in [6.45, 7) is 4.06. The fourth-order valence-corrected chi connectivity index (χ4v) is 4.93. The molecule has 2 aromatic rings. The monoisotopic (exact) mass is 387 g/mol. The first-order valence-corrected chi connectivity index (χ1v) is 9.90. The van der Waals surface area contributed by atoms with Crippen LogP contribution in [0.1, 0.15) is 40.0 Å². The molecule has 3 aliphatic rings. The molecule has 3 aliphatic heterocycles. The molecule has 2 amide bonds. The Labute approximate surface area is 168 Å². The molecule has 4 atom stereocenters. The van der Waals surface area contributed by atoms with Gasteiger partial charge in [-0.05, 0) is 25.0 Å². The topological polar surface area (TPSA) is 70.1 Å². The molecule has 6 heteroatoms. The molecule has 29 heavy (non-hydrogen) atoms. The van der Waals surface area contributed by atoms with Crippen molar-refractivity contribution in [2.75, 3.05) is 6.54 Å². The number of benzene rings is 2. The highest BCUT2D eigenvalue weighted by Crippen LogP contribution is 2.52. The van der Waals surface area contributed by atoms with E-state index in [4.69, 9.17) is 0 Å². The van der Waals surface area contributed by atoms with E-state index in [2.05, 4.69) is 5.10 Å². The summed E-state index contributed by atoms with van der Waals surface area (Å²) in [5.74, 6) is -1.96. The Bertz CT molecular complexity index is 1060. The SMILES string of the molecule is CCN1C(=O)[C@@H]2[C@H](C1=O)[C@H]1c3ccccc3C=NN1[C@H]2C(=O)c1ccc(C)cc1. The minimum atomic E-state index is -0.787. The number of amides is 2. The van der Waals surface area contributed by atoms with Crippen molar-refractivity contribution in [1.29, 1.82) is 0 Å². The minimum Gasteiger partial charge on any atom is -0.292 e. The normalized spacial score (nSPS) is 27.1. The molecule has 0 aromatic heterocycles. The van der Waals surface area contributed by atoms with Crippen molar-refractivity contribution in [3.8, 4) is 0 Å². The van der Waals surface area contributed by atoms with Crippen LogP contribution in [0.15, 0.2) is 53.6 Å². The lowest BCUT2D eigenvalue weighted by Gasteiger charge is -2.33. The highest BCUT2D eigenvalue weighted by Gasteiger charge is 2.64. The first-order valence-electron chi connectivity index (χ1n) is 9.90. The van der Waals surface area contributed by atoms with E-state index in [0.29, 0.717) is 12.1 Å². The van der Waals surface area contributed by atoms with E-state index >= 15 is 0 Å². The Morgan fingerprint density at radius 2 is 1.69 bits per heavy atom. The Balaban J connectivity index is 1.65. The Hall–Kier alpha value is -3.28. The maximum atomic E-state index is 13.5. The second-order valence-corrected chi connectivity index (χ2v) is 7.85. The van der Waals surface area contributed by atoms with Gasteiger partial charge in [-0.1, -0.05) is 54.1 Å². The summed E-state index contributed by atoms with van der Waals surface area (Å²) < 4.78 is 0. The van der Waals surface area contributed by atoms with E-state index in [9.17, 15) is 14.4 Å². The second-order valence-electron chi connectivity index (χ2n) is 7.85. The van der Waals surface area contributed by atoms with Crippen molar-refractivity contribution >= 4 is 23.8 Å². The summed E-state index contributed by atoms with van der Waals surface area (Å²) in [7, 11) is 0. The van der Waals surface area contributed by atoms with Crippen molar-refractivity contribution in [3.63, 3.8) is 0 Å². The highest BCUT2D eigenvalue weighted by molar-refractivity contribution is 6.12. The van der Waals surface area contributed by atoms with Crippen molar-refractivity contribution in [2.24, 2.45) is 16.9 Å². The van der Waals surface area contributed by atoms with E-state index < -0.39 is 23.9 Å². The fourth-order valence-electron chi connectivity index (χ4n) is 4.93. The van der Waals surface area contributed by atoms with Crippen molar-refractivity contribution in [1.82, 2.24) is 9.91 Å². The van der Waals surface area contributed by atoms with Crippen LogP contribution in [-0.2, 0) is 9.59 Å². The first-order chi connectivity index (χ1) is 14.0. The Morgan fingerprint density at radius 3 is 2.41 bits per heavy atom. The standard InChI is InChI=1S/C23H21N3O3/c1-3-25-22(28)17-18(23(25)29)20(21(27)14-10-8-13(2)9-11-14)26-19(17)16-7-5-4-6-15(16)12-24-26/h4-12,17-20H,3H2,1-2H3/t17-,18+,19+,20+/m0/s1. The van der Waals surface area contributed by atoms with Gasteiger partial charge in [-0.15, -0.1) is 0 Å². The van der Waals surface area contributed by atoms with Crippen LogP contribution in [0.4, 0.5) is 0 Å². The third kappa shape index (κ3) is 2.41. The number of hydrazone groups is 1. The van der Waals surface area contributed by atoms with Crippen LogP contribution in [-0.4, -0.2) is 46.3 Å². The van der Waals surface area contributed by atoms with Gasteiger partial charge in [0.05, 0.1) is 24.1 Å². The quantitative estimate of drug-likeness (QED) is 0.600. The molecule has 0 N–H and O–H groups in total. The van der Waals surface area contributed by atoms with E-state index in [1.54, 1.807) is 30.3 Å². The number of fused-ring (bicyclic) bond motifs is 5. The molecular weight excluding hydrogens is 366 g/mol. The van der Waals surface area contributed by atoms with Crippen LogP contribution >= 0.6 is 0 Å². The van der Waals surface area contributed by atoms with Gasteiger partial charge in [-0.25, -0.2) is 0 Å². The molecule has 0 unspecified atom stereocenters. The van der Waals surface area contributed by atoms with Crippen molar-refractivity contribution in [3.05, 3.63) is 70.8 Å². The molecule has 0 aliphatic carbocycles. The Kier molecular flexibility index (Phi) is 3.91. The smallest absolute Gasteiger partial charge is 0.235 e. The average Bonchev–Trinajstić information content (AvgIpc) is 3.21. The third-order valence-corrected chi connectivity index (χ3v) is 6.31. The number of aryl methyl sites for hydroxylation is 1. The lowest BCUT2D eigenvalue weighted by atomic mass is 9.83. The number of rotatable bonds is 3. The van der Waals surface area contributed by atoms with Crippen LogP contribution in [0.25, 0.3) is 0 Å². The number of likely N-dealkylation sites (tertiary alicyclic amines) is 1. The van der Waals surface area contributed by atoms with Gasteiger partial charge in [0.1, 0.15) is 6.04 Å². The predicted molar refractivity (Wildman–Crippen MR) is 107 cm³/mol. The summed E-state index contributed by atoms with van der Waals surface area (Å²) >= 11 is 0. The predicted octanol–water partition coefficient (Wildman–Crippen LogP) is 2.57. The number of carbonyl (C=O) groups excluding carboxylic acids is 3. The molecule has 146 valence electrons. The molecule has 0 spiro atoms. The third-order valence-electron chi connectivity index (χ3n) is 6.31. The molecule has 2 fully saturated rings. The van der Waals surface area contributed by atoms with Gasteiger partial charge < -0.3 is 0 Å². The largest absolute Gasteiger partial charge is 0.292 e. The van der Waals surface area contributed by atoms with E-state index in [1.807, 2.05) is 43.3 Å². The number of carbonyl (C=O) groups is 3. The molecule has 0 saturated carbocycles. The molecule has 5 rings (SSSR count). The van der Waals surface area contributed by atoms with E-state index in [-0.39, 0.29) is 17.6 Å². The highest BCUT2D eigenvalue weighted by atomic mass is 16.2. The second kappa shape index (κ2) is 6.37. The summed E-state index contributed by atoms with van der Waals surface area (Å²) in [5, 5.41) is 6.24. The summed E-state index contributed by atoms with van der Waals surface area (Å²) in [6, 6.07) is 13.9. The number of nitrogens with zero attached hydrogens (tertiary/aromatic N) is 3. The van der Waals surface area contributed by atoms with Crippen molar-refractivity contribution in [2.45, 2.75) is 25.9 Å². The van der Waals surface area contributed by atoms with Gasteiger partial charge in [0.25, 0.3) is 0 Å². The molecule has 0 bridgehead atoms. The minimum absolute atomic E-state index is 0.168. The van der Waals surface area contributed by atoms with E-state index in [0.717, 1.165) is 16.7 Å². The zero-order valence-electron chi connectivity index (χ0n) is 16.3. The number of hydrogen-bond acceptors (Lipinski definition) is 5. The number of hydrogen-bond donors (Lipinski definition) is 0. The maximum Gasteiger partial charge on any atom is 0.235 e. The molecule has 3 heterocycles. The average molecular weight is 387 g/mol. The van der Waals surface area contributed by atoms with Gasteiger partial charge in [-0.2, -0.15) is 5.10 Å². The van der Waals surface area contributed by atoms with Gasteiger partial charge in [-0.3, -0.25) is 24.3 Å². The van der Waals surface area contributed by atoms with Crippen LogP contribution in [0.2, 0.25) is 0 Å². The van der Waals surface area contributed by atoms with Gasteiger partial charge in [0.2, 0.25) is 11.8 Å². The van der Waals surface area contributed by atoms with Crippen molar-refractivity contribution < 1.29 is 14.4 Å². The van der Waals surface area contributed by atoms with Gasteiger partial charge in [0, 0.05) is 12.1 Å². The lowest BCUT2D eigenvalue weighted by molar-refractivity contribution is -0.141. The summed E-state index contributed by atoms with van der Waals surface area (Å²) in [5.41, 5.74) is 3.45. The fraction of sp³-hybridized carbons (Fsp3) is 0.304. The zero-order valence-corrected chi connectivity index (χ0v) is 16.3. The van der Waals surface area contributed by atoms with E-state index in [1.165, 1.54) is 4.90 Å². The Morgan fingerprint density at radius 1 is 1.00 bits per heavy atom. The molecular formula is C23H21N3O3. The molecule has 2 saturated heterocycles.